The van der Waals surface area contributed by atoms with Crippen LogP contribution in [0.25, 0.3) is 10.8 Å². The molecule has 1 aliphatic heterocycles. The van der Waals surface area contributed by atoms with Gasteiger partial charge in [-0.15, -0.1) is 11.3 Å². The second-order valence-corrected chi connectivity index (χ2v) is 8.27. The van der Waals surface area contributed by atoms with Gasteiger partial charge < -0.3 is 19.0 Å². The number of furan rings is 1. The van der Waals surface area contributed by atoms with E-state index >= 15 is 0 Å². The van der Waals surface area contributed by atoms with Gasteiger partial charge in [0, 0.05) is 13.6 Å². The quantitative estimate of drug-likeness (QED) is 0.624. The second-order valence-electron chi connectivity index (χ2n) is 7.28. The van der Waals surface area contributed by atoms with Crippen LogP contribution in [0, 0.1) is 13.8 Å². The lowest BCUT2D eigenvalue weighted by molar-refractivity contribution is 0.0713. The van der Waals surface area contributed by atoms with E-state index in [1.54, 1.807) is 4.90 Å². The van der Waals surface area contributed by atoms with Crippen molar-refractivity contribution in [1.82, 2.24) is 9.88 Å². The fourth-order valence-corrected chi connectivity index (χ4v) is 4.61. The van der Waals surface area contributed by atoms with E-state index in [1.165, 1.54) is 11.3 Å². The maximum Gasteiger partial charge on any atom is 0.265 e. The Morgan fingerprint density at radius 1 is 1.28 bits per heavy atom. The minimum Gasteiger partial charge on any atom is -0.485 e. The highest BCUT2D eigenvalue weighted by atomic mass is 32.1. The van der Waals surface area contributed by atoms with Crippen molar-refractivity contribution in [3.8, 4) is 16.5 Å². The normalized spacial score (nSPS) is 15.7. The summed E-state index contributed by atoms with van der Waals surface area (Å²) in [6.07, 6.45) is -0.0841. The van der Waals surface area contributed by atoms with E-state index in [2.05, 4.69) is 22.9 Å². The van der Waals surface area contributed by atoms with Crippen molar-refractivity contribution in [2.24, 2.45) is 0 Å². The summed E-state index contributed by atoms with van der Waals surface area (Å²) >= 11 is 1.37. The molecule has 0 aliphatic carbocycles. The molecule has 0 radical (unpaired) electrons. The molecule has 0 bridgehead atoms. The van der Waals surface area contributed by atoms with Gasteiger partial charge in [0.1, 0.15) is 22.5 Å². The number of para-hydroxylation sites is 2. The van der Waals surface area contributed by atoms with Crippen LogP contribution < -0.4 is 9.64 Å². The van der Waals surface area contributed by atoms with Crippen molar-refractivity contribution in [3.63, 3.8) is 0 Å². The molecule has 0 fully saturated rings. The predicted molar refractivity (Wildman–Crippen MR) is 115 cm³/mol. The smallest absolute Gasteiger partial charge is 0.265 e. The van der Waals surface area contributed by atoms with Crippen molar-refractivity contribution in [2.45, 2.75) is 26.9 Å². The summed E-state index contributed by atoms with van der Waals surface area (Å²) in [6.45, 7) is 8.05. The largest absolute Gasteiger partial charge is 0.485 e. The zero-order chi connectivity index (χ0) is 20.5. The van der Waals surface area contributed by atoms with Gasteiger partial charge in [-0.1, -0.05) is 12.1 Å². The molecular weight excluding hydrogens is 386 g/mol. The minimum atomic E-state index is -0.0841. The number of thiazole rings is 1. The Balaban J connectivity index is 1.48. The van der Waals surface area contributed by atoms with Gasteiger partial charge in [0.2, 0.25) is 0 Å². The van der Waals surface area contributed by atoms with Gasteiger partial charge in [0.15, 0.2) is 10.8 Å². The molecule has 6 nitrogen and oxygen atoms in total. The number of anilines is 1. The molecular formula is C22H25N3O3S. The molecule has 1 atom stereocenters. The first-order valence-electron chi connectivity index (χ1n) is 9.76. The summed E-state index contributed by atoms with van der Waals surface area (Å²) in [5.74, 6) is 2.35. The van der Waals surface area contributed by atoms with Gasteiger partial charge in [0.05, 0.1) is 24.5 Å². The number of hydrogen-bond acceptors (Lipinski definition) is 6. The summed E-state index contributed by atoms with van der Waals surface area (Å²) in [5.41, 5.74) is 1.83. The molecule has 29 heavy (non-hydrogen) atoms. The van der Waals surface area contributed by atoms with Gasteiger partial charge in [0.25, 0.3) is 5.91 Å². The Bertz CT molecular complexity index is 1030. The van der Waals surface area contributed by atoms with Crippen LogP contribution in [-0.4, -0.2) is 48.6 Å². The van der Waals surface area contributed by atoms with E-state index in [1.807, 2.05) is 51.2 Å². The van der Waals surface area contributed by atoms with Gasteiger partial charge >= 0.3 is 0 Å². The van der Waals surface area contributed by atoms with Gasteiger partial charge in [-0.25, -0.2) is 4.98 Å². The number of nitrogens with zero attached hydrogens (tertiary/aromatic N) is 3. The zero-order valence-corrected chi connectivity index (χ0v) is 18.0. The molecule has 0 unspecified atom stereocenters. The second kappa shape index (κ2) is 7.91. The first kappa shape index (κ1) is 19.5. The number of ether oxygens (including phenoxy) is 1. The Morgan fingerprint density at radius 2 is 2.07 bits per heavy atom. The average Bonchev–Trinajstić information content (AvgIpc) is 3.32. The minimum absolute atomic E-state index is 0.0416. The van der Waals surface area contributed by atoms with Crippen LogP contribution in [0.2, 0.25) is 0 Å². The van der Waals surface area contributed by atoms with E-state index in [-0.39, 0.29) is 12.0 Å². The molecule has 1 amide bonds. The molecule has 1 aliphatic rings. The molecule has 0 spiro atoms. The molecule has 3 aromatic rings. The maximum absolute atomic E-state index is 13.1. The Morgan fingerprint density at radius 3 is 2.79 bits per heavy atom. The summed E-state index contributed by atoms with van der Waals surface area (Å²) in [7, 11) is 1.82. The van der Waals surface area contributed by atoms with Crippen LogP contribution in [0.15, 0.2) is 40.8 Å². The zero-order valence-electron chi connectivity index (χ0n) is 17.1. The molecule has 4 rings (SSSR count). The lowest BCUT2D eigenvalue weighted by atomic mass is 10.2. The highest BCUT2D eigenvalue weighted by Gasteiger charge is 2.28. The van der Waals surface area contributed by atoms with Crippen LogP contribution >= 0.6 is 11.3 Å². The number of rotatable bonds is 5. The van der Waals surface area contributed by atoms with Gasteiger partial charge in [-0.3, -0.25) is 4.79 Å². The first-order chi connectivity index (χ1) is 14.0. The number of carbonyl (C=O) groups is 1. The molecule has 3 heterocycles. The van der Waals surface area contributed by atoms with Crippen LogP contribution in [-0.2, 0) is 0 Å². The SMILES string of the molecule is CCN1C[C@@H](CN(C)C(=O)c2sc(-c3ccc(C)o3)nc2C)Oc2ccccc21. The van der Waals surface area contributed by atoms with Crippen LogP contribution in [0.3, 0.4) is 0 Å². The lowest BCUT2D eigenvalue weighted by Gasteiger charge is -2.37. The highest BCUT2D eigenvalue weighted by Crippen LogP contribution is 2.33. The Kier molecular flexibility index (Phi) is 5.32. The fourth-order valence-electron chi connectivity index (χ4n) is 3.58. The fraction of sp³-hybridized carbons (Fsp3) is 0.364. The van der Waals surface area contributed by atoms with Crippen molar-refractivity contribution in [3.05, 3.63) is 52.7 Å². The van der Waals surface area contributed by atoms with Gasteiger partial charge in [-0.05, 0) is 45.0 Å². The van der Waals surface area contributed by atoms with Crippen molar-refractivity contribution in [2.75, 3.05) is 31.6 Å². The van der Waals surface area contributed by atoms with E-state index in [0.717, 1.165) is 41.0 Å². The molecule has 0 N–H and O–H groups in total. The lowest BCUT2D eigenvalue weighted by Crippen LogP contribution is -2.46. The number of aromatic nitrogens is 1. The van der Waals surface area contributed by atoms with Crippen LogP contribution in [0.1, 0.15) is 28.0 Å². The van der Waals surface area contributed by atoms with Crippen LogP contribution in [0.5, 0.6) is 5.75 Å². The van der Waals surface area contributed by atoms with E-state index < -0.39 is 0 Å². The number of hydrogen-bond donors (Lipinski definition) is 0. The Labute approximate surface area is 174 Å². The monoisotopic (exact) mass is 411 g/mol. The van der Waals surface area contributed by atoms with E-state index in [0.29, 0.717) is 17.2 Å². The summed E-state index contributed by atoms with van der Waals surface area (Å²) in [5, 5.41) is 0.729. The number of likely N-dealkylation sites (N-methyl/N-ethyl adjacent to an activating group) is 2. The highest BCUT2D eigenvalue weighted by molar-refractivity contribution is 7.17. The van der Waals surface area contributed by atoms with E-state index in [4.69, 9.17) is 9.15 Å². The molecule has 0 saturated heterocycles. The number of carbonyl (C=O) groups excluding carboxylic acids is 1. The van der Waals surface area contributed by atoms with Crippen molar-refractivity contribution < 1.29 is 13.9 Å². The molecule has 152 valence electrons. The standard InChI is InChI=1S/C22H25N3O3S/c1-5-25-13-16(28-18-9-7-6-8-17(18)25)12-24(4)22(26)20-15(3)23-21(29-20)19-11-10-14(2)27-19/h6-11,16H,5,12-13H2,1-4H3/t16-/m1/s1. The van der Waals surface area contributed by atoms with Gasteiger partial charge in [-0.2, -0.15) is 0 Å². The summed E-state index contributed by atoms with van der Waals surface area (Å²) < 4.78 is 11.8. The van der Waals surface area contributed by atoms with Crippen molar-refractivity contribution >= 4 is 22.9 Å². The molecule has 2 aromatic heterocycles. The number of amides is 1. The molecule has 7 heteroatoms. The third-order valence-electron chi connectivity index (χ3n) is 5.07. The Hall–Kier alpha value is -2.80. The number of benzene rings is 1. The van der Waals surface area contributed by atoms with E-state index in [9.17, 15) is 4.79 Å². The summed E-state index contributed by atoms with van der Waals surface area (Å²) in [4.78, 5) is 22.3. The topological polar surface area (TPSA) is 58.8 Å². The summed E-state index contributed by atoms with van der Waals surface area (Å²) in [6, 6.07) is 11.8. The number of aryl methyl sites for hydroxylation is 2. The average molecular weight is 412 g/mol. The molecule has 0 saturated carbocycles. The molecule has 1 aromatic carbocycles. The maximum atomic E-state index is 13.1. The predicted octanol–water partition coefficient (Wildman–Crippen LogP) is 4.38. The third kappa shape index (κ3) is 3.87. The van der Waals surface area contributed by atoms with Crippen molar-refractivity contribution in [1.29, 1.82) is 0 Å². The first-order valence-corrected chi connectivity index (χ1v) is 10.6. The van der Waals surface area contributed by atoms with Crippen LogP contribution in [0.4, 0.5) is 5.69 Å². The third-order valence-corrected chi connectivity index (χ3v) is 6.23. The number of fused-ring (bicyclic) bond motifs is 1.